The smallest absolute Gasteiger partial charge is 0.673 e. The van der Waals surface area contributed by atoms with Crippen LogP contribution in [0.5, 0.6) is 5.75 Å². The molecule has 96 valence electrons. The zero-order valence-corrected chi connectivity index (χ0v) is 8.92. The van der Waals surface area contributed by atoms with E-state index >= 15 is 0 Å². The predicted octanol–water partition coefficient (Wildman–Crippen LogP) is 1.88. The molecule has 0 fully saturated rings. The van der Waals surface area contributed by atoms with Gasteiger partial charge in [0.1, 0.15) is 5.75 Å². The molecule has 0 spiro atoms. The summed E-state index contributed by atoms with van der Waals surface area (Å²) in [5.41, 5.74) is 0.764. The van der Waals surface area contributed by atoms with Crippen LogP contribution in [0, 0.1) is 5.41 Å². The van der Waals surface area contributed by atoms with Gasteiger partial charge in [-0.15, -0.1) is 0 Å². The van der Waals surface area contributed by atoms with Crippen molar-refractivity contribution in [1.82, 2.24) is 0 Å². The molecule has 0 bridgehead atoms. The maximum absolute atomic E-state index is 10.5. The molecule has 1 N–H and O–H groups in total. The molecular weight excluding hydrogens is 241 g/mol. The summed E-state index contributed by atoms with van der Waals surface area (Å²) in [7, 11) is -4.45. The molecule has 0 atom stereocenters. The van der Waals surface area contributed by atoms with Gasteiger partial charge in [-0.05, 0) is 17.5 Å². The molecule has 0 unspecified atom stereocenters. The molecule has 1 aromatic carbocycles. The van der Waals surface area contributed by atoms with Crippen molar-refractivity contribution >= 4 is 13.2 Å². The fourth-order valence-electron chi connectivity index (χ4n) is 1.02. The van der Waals surface area contributed by atoms with Crippen molar-refractivity contribution in [3.8, 4) is 5.75 Å². The quantitative estimate of drug-likeness (QED) is 0.386. The van der Waals surface area contributed by atoms with Crippen molar-refractivity contribution in [1.29, 1.82) is 5.41 Å². The van der Waals surface area contributed by atoms with E-state index in [9.17, 15) is 22.4 Å². The first-order valence-corrected chi connectivity index (χ1v) is 4.47. The molecule has 1 rings (SSSR count). The fraction of sp³-hybridized carbons (Fsp3) is 0.222. The minimum Gasteiger partial charge on any atom is -0.862 e. The minimum atomic E-state index is -6.00. The van der Waals surface area contributed by atoms with Gasteiger partial charge >= 0.3 is 7.25 Å². The normalized spacial score (nSPS) is 10.2. The van der Waals surface area contributed by atoms with Crippen molar-refractivity contribution in [2.24, 2.45) is 0 Å². The van der Waals surface area contributed by atoms with E-state index in [4.69, 9.17) is 10.1 Å². The highest BCUT2D eigenvalue weighted by Crippen LogP contribution is 2.17. The van der Waals surface area contributed by atoms with Crippen molar-refractivity contribution < 1.29 is 27.1 Å². The van der Waals surface area contributed by atoms with Crippen LogP contribution in [0.25, 0.3) is 0 Å². The Morgan fingerprint density at radius 2 is 1.76 bits per heavy atom. The Labute approximate surface area is 95.6 Å². The Morgan fingerprint density at radius 3 is 2.18 bits per heavy atom. The Bertz CT molecular complexity index is 364. The van der Waals surface area contributed by atoms with E-state index in [1.807, 2.05) is 12.1 Å². The number of halogens is 4. The van der Waals surface area contributed by atoms with Gasteiger partial charge in [0.25, 0.3) is 0 Å². The van der Waals surface area contributed by atoms with Crippen molar-refractivity contribution in [3.63, 3.8) is 0 Å². The highest BCUT2D eigenvalue weighted by molar-refractivity contribution is 6.50. The fourth-order valence-corrected chi connectivity index (χ4v) is 1.02. The molecule has 0 aliphatic heterocycles. The summed E-state index contributed by atoms with van der Waals surface area (Å²) in [4.78, 5) is 0. The van der Waals surface area contributed by atoms with Crippen LogP contribution in [0.3, 0.4) is 0 Å². The van der Waals surface area contributed by atoms with Crippen molar-refractivity contribution in [2.75, 3.05) is 7.11 Å². The molecule has 0 aliphatic carbocycles. The molecule has 3 nitrogen and oxygen atoms in total. The summed E-state index contributed by atoms with van der Waals surface area (Å²) >= 11 is 0. The molecule has 0 aliphatic rings. The van der Waals surface area contributed by atoms with E-state index in [-0.39, 0.29) is 6.42 Å². The van der Waals surface area contributed by atoms with E-state index in [2.05, 4.69) is 0 Å². The van der Waals surface area contributed by atoms with Gasteiger partial charge in [0.15, 0.2) is 0 Å². The number of hydrogen-bond donors (Lipinski definition) is 1. The molecule has 1 aromatic rings. The second-order valence-corrected chi connectivity index (χ2v) is 2.91. The predicted molar refractivity (Wildman–Crippen MR) is 54.6 cm³/mol. The lowest BCUT2D eigenvalue weighted by atomic mass is 10.1. The number of benzene rings is 1. The van der Waals surface area contributed by atoms with Crippen LogP contribution in [-0.4, -0.2) is 20.3 Å². The van der Waals surface area contributed by atoms with Gasteiger partial charge in [0.2, 0.25) is 0 Å². The maximum atomic E-state index is 10.5. The zero-order valence-electron chi connectivity index (χ0n) is 8.92. The lowest BCUT2D eigenvalue weighted by Crippen LogP contribution is -2.18. The lowest BCUT2D eigenvalue weighted by Gasteiger charge is -2.10. The van der Waals surface area contributed by atoms with Crippen LogP contribution < -0.4 is 9.84 Å². The van der Waals surface area contributed by atoms with Crippen LogP contribution in [0.15, 0.2) is 24.3 Å². The molecule has 0 saturated heterocycles. The Hall–Kier alpha value is -1.73. The van der Waals surface area contributed by atoms with E-state index in [0.717, 1.165) is 5.56 Å². The van der Waals surface area contributed by atoms with Crippen LogP contribution in [0.4, 0.5) is 17.3 Å². The third-order valence-electron chi connectivity index (χ3n) is 1.54. The third-order valence-corrected chi connectivity index (χ3v) is 1.54. The summed E-state index contributed by atoms with van der Waals surface area (Å²) in [6, 6.07) is 7.21. The summed E-state index contributed by atoms with van der Waals surface area (Å²) in [5.74, 6) is 0.0672. The minimum absolute atomic E-state index is 0.115. The van der Waals surface area contributed by atoms with Crippen molar-refractivity contribution in [2.45, 2.75) is 6.42 Å². The maximum Gasteiger partial charge on any atom is 0.673 e. The third kappa shape index (κ3) is 9.22. The number of ether oxygens (including phenoxy) is 1. The summed E-state index contributed by atoms with van der Waals surface area (Å²) in [6.07, 6.45) is 0.115. The molecule has 0 aromatic heterocycles. The Balaban J connectivity index is 0.000000437. The van der Waals surface area contributed by atoms with E-state index in [1.165, 1.54) is 0 Å². The Kier molecular flexibility index (Phi) is 6.08. The lowest BCUT2D eigenvalue weighted by molar-refractivity contribution is -0.219. The number of nitrogens with one attached hydrogen (secondary N) is 1. The first-order valence-electron chi connectivity index (χ1n) is 4.47. The topological polar surface area (TPSA) is 56.1 Å². The highest BCUT2D eigenvalue weighted by Gasteiger charge is 2.20. The highest BCUT2D eigenvalue weighted by atomic mass is 19.5. The van der Waals surface area contributed by atoms with E-state index < -0.39 is 13.2 Å². The van der Waals surface area contributed by atoms with Gasteiger partial charge in [0.05, 0.1) is 7.11 Å². The summed E-state index contributed by atoms with van der Waals surface area (Å²) < 4.78 is 44.0. The molecule has 17 heavy (non-hydrogen) atoms. The number of rotatable bonds is 3. The largest absolute Gasteiger partial charge is 0.862 e. The molecule has 0 saturated carbocycles. The molecule has 8 heteroatoms. The Morgan fingerprint density at radius 1 is 1.29 bits per heavy atom. The number of methoxy groups -OCH3 is 1. The van der Waals surface area contributed by atoms with Gasteiger partial charge in [-0.1, -0.05) is 18.2 Å². The zero-order chi connectivity index (χ0) is 13.5. The molecule has 0 amide bonds. The van der Waals surface area contributed by atoms with Crippen molar-refractivity contribution in [3.05, 3.63) is 29.8 Å². The van der Waals surface area contributed by atoms with Crippen LogP contribution in [-0.2, 0) is 6.42 Å². The van der Waals surface area contributed by atoms with E-state index in [1.54, 1.807) is 19.2 Å². The van der Waals surface area contributed by atoms with Crippen LogP contribution >= 0.6 is 0 Å². The second-order valence-electron chi connectivity index (χ2n) is 2.91. The average Bonchev–Trinajstić information content (AvgIpc) is 2.15. The standard InChI is InChI=1S/C9H11NO2.BF4/c1-12-8-5-3-2-4-7(8)6-9(10)11;2-1(3,4)5/h2-5H,6H2,1H3,(H2,10,11);/q;-1/p-1. The average molecular weight is 251 g/mol. The molecular formula is C9H10BF4NO2-2. The van der Waals surface area contributed by atoms with Crippen LogP contribution in [0.2, 0.25) is 0 Å². The van der Waals surface area contributed by atoms with Gasteiger partial charge < -0.3 is 32.5 Å². The number of para-hydroxylation sites is 1. The second kappa shape index (κ2) is 6.77. The number of hydrogen-bond acceptors (Lipinski definition) is 3. The van der Waals surface area contributed by atoms with Gasteiger partial charge in [-0.25, -0.2) is 0 Å². The molecule has 0 radical (unpaired) electrons. The van der Waals surface area contributed by atoms with Gasteiger partial charge in [-0.2, -0.15) is 0 Å². The first-order chi connectivity index (χ1) is 7.74. The first kappa shape index (κ1) is 15.3. The summed E-state index contributed by atoms with van der Waals surface area (Å²) in [6.45, 7) is 0. The summed E-state index contributed by atoms with van der Waals surface area (Å²) in [5, 5.41) is 17.3. The van der Waals surface area contributed by atoms with Crippen LogP contribution in [0.1, 0.15) is 5.56 Å². The monoisotopic (exact) mass is 251 g/mol. The van der Waals surface area contributed by atoms with Gasteiger partial charge in [-0.3, -0.25) is 0 Å². The molecule has 0 heterocycles. The van der Waals surface area contributed by atoms with E-state index in [0.29, 0.717) is 5.75 Å². The van der Waals surface area contributed by atoms with Gasteiger partial charge in [0, 0.05) is 6.42 Å². The SMILES string of the molecule is COc1ccccc1CC(=N)[O-].F[B-](F)(F)F.